The van der Waals surface area contributed by atoms with Crippen LogP contribution in [0.25, 0.3) is 0 Å². The largest absolute Gasteiger partial charge is 0.573 e. The number of rotatable bonds is 3. The van der Waals surface area contributed by atoms with Gasteiger partial charge in [0.15, 0.2) is 5.75 Å². The second kappa shape index (κ2) is 4.56. The topological polar surface area (TPSA) is 57.4 Å². The van der Waals surface area contributed by atoms with E-state index in [9.17, 15) is 13.2 Å². The number of hydrogen-bond donors (Lipinski definition) is 1. The van der Waals surface area contributed by atoms with Crippen LogP contribution in [0.3, 0.4) is 0 Å². The summed E-state index contributed by atoms with van der Waals surface area (Å²) >= 11 is 0. The summed E-state index contributed by atoms with van der Waals surface area (Å²) in [5.74, 6) is -0.175. The molecule has 7 heteroatoms. The molecule has 1 aromatic rings. The van der Waals surface area contributed by atoms with Gasteiger partial charge >= 0.3 is 6.36 Å². The fourth-order valence-corrected chi connectivity index (χ4v) is 1.26. The van der Waals surface area contributed by atoms with Crippen LogP contribution >= 0.6 is 0 Å². The van der Waals surface area contributed by atoms with Crippen molar-refractivity contribution in [3.05, 3.63) is 17.5 Å². The summed E-state index contributed by atoms with van der Waals surface area (Å²) in [6.07, 6.45) is -3.77. The lowest BCUT2D eigenvalue weighted by atomic mass is 10.2. The van der Waals surface area contributed by atoms with Gasteiger partial charge in [0.2, 0.25) is 0 Å². The molecule has 0 atom stereocenters. The van der Waals surface area contributed by atoms with E-state index in [0.717, 1.165) is 6.20 Å². The van der Waals surface area contributed by atoms with Crippen molar-refractivity contribution in [1.29, 1.82) is 0 Å². The Morgan fingerprint density at radius 3 is 2.50 bits per heavy atom. The number of methoxy groups -OCH3 is 1. The quantitative estimate of drug-likeness (QED) is 0.868. The van der Waals surface area contributed by atoms with Gasteiger partial charge in [0, 0.05) is 12.1 Å². The molecule has 1 aromatic heterocycles. The molecule has 0 bridgehead atoms. The molecule has 1 rings (SSSR count). The number of hydrogen-bond acceptors (Lipinski definition) is 4. The molecule has 0 aliphatic heterocycles. The van der Waals surface area contributed by atoms with E-state index in [4.69, 9.17) is 10.5 Å². The maximum Gasteiger partial charge on any atom is 0.573 e. The van der Waals surface area contributed by atoms with Gasteiger partial charge < -0.3 is 15.2 Å². The van der Waals surface area contributed by atoms with E-state index in [0.29, 0.717) is 5.69 Å². The van der Waals surface area contributed by atoms with E-state index in [-0.39, 0.29) is 23.6 Å². The Morgan fingerprint density at radius 1 is 1.44 bits per heavy atom. The second-order valence-corrected chi connectivity index (χ2v) is 2.98. The van der Waals surface area contributed by atoms with E-state index in [2.05, 4.69) is 9.72 Å². The second-order valence-electron chi connectivity index (χ2n) is 2.98. The van der Waals surface area contributed by atoms with Crippen molar-refractivity contribution in [3.8, 4) is 11.5 Å². The lowest BCUT2D eigenvalue weighted by Crippen LogP contribution is -2.18. The molecule has 0 fully saturated rings. The highest BCUT2D eigenvalue weighted by Gasteiger charge is 2.32. The van der Waals surface area contributed by atoms with Gasteiger partial charge in [-0.1, -0.05) is 0 Å². The Kier molecular flexibility index (Phi) is 3.58. The highest BCUT2D eigenvalue weighted by Crippen LogP contribution is 2.32. The van der Waals surface area contributed by atoms with Gasteiger partial charge in [-0.2, -0.15) is 0 Å². The van der Waals surface area contributed by atoms with Crippen molar-refractivity contribution in [2.45, 2.75) is 19.8 Å². The summed E-state index contributed by atoms with van der Waals surface area (Å²) in [5.41, 5.74) is 5.97. The van der Waals surface area contributed by atoms with E-state index in [1.54, 1.807) is 0 Å². The lowest BCUT2D eigenvalue weighted by Gasteiger charge is -2.15. The molecule has 2 N–H and O–H groups in total. The Bertz CT molecular complexity index is 380. The van der Waals surface area contributed by atoms with Crippen LogP contribution in [0.15, 0.2) is 6.20 Å². The van der Waals surface area contributed by atoms with Crippen LogP contribution in [0.2, 0.25) is 0 Å². The highest BCUT2D eigenvalue weighted by atomic mass is 19.4. The summed E-state index contributed by atoms with van der Waals surface area (Å²) in [6.45, 7) is 1.52. The van der Waals surface area contributed by atoms with E-state index < -0.39 is 6.36 Å². The third-order valence-corrected chi connectivity index (χ3v) is 1.93. The zero-order valence-electron chi connectivity index (χ0n) is 8.76. The smallest absolute Gasteiger partial charge is 0.494 e. The van der Waals surface area contributed by atoms with Gasteiger partial charge in [-0.05, 0) is 6.92 Å². The molecule has 0 amide bonds. The first-order chi connectivity index (χ1) is 7.39. The zero-order valence-corrected chi connectivity index (χ0v) is 8.76. The molecule has 0 aromatic carbocycles. The number of halogens is 3. The maximum absolute atomic E-state index is 12.0. The van der Waals surface area contributed by atoms with Gasteiger partial charge in [0.25, 0.3) is 0 Å². The van der Waals surface area contributed by atoms with Crippen LogP contribution < -0.4 is 15.2 Å². The van der Waals surface area contributed by atoms with Crippen molar-refractivity contribution >= 4 is 0 Å². The highest BCUT2D eigenvalue weighted by molar-refractivity contribution is 5.45. The van der Waals surface area contributed by atoms with E-state index in [1.165, 1.54) is 14.0 Å². The Hall–Kier alpha value is -1.50. The predicted molar refractivity (Wildman–Crippen MR) is 50.1 cm³/mol. The molecule has 90 valence electrons. The summed E-state index contributed by atoms with van der Waals surface area (Å²) < 4.78 is 44.8. The van der Waals surface area contributed by atoms with Crippen LogP contribution in [0.1, 0.15) is 11.3 Å². The summed E-state index contributed by atoms with van der Waals surface area (Å²) in [4.78, 5) is 3.74. The molecule has 0 unspecified atom stereocenters. The van der Waals surface area contributed by atoms with Crippen molar-refractivity contribution in [2.75, 3.05) is 7.11 Å². The monoisotopic (exact) mass is 236 g/mol. The van der Waals surface area contributed by atoms with Crippen LogP contribution in [0, 0.1) is 6.92 Å². The van der Waals surface area contributed by atoms with Gasteiger partial charge in [0.05, 0.1) is 19.0 Å². The molecule has 1 heterocycles. The Morgan fingerprint density at radius 2 is 2.06 bits per heavy atom. The average Bonchev–Trinajstić information content (AvgIpc) is 2.19. The van der Waals surface area contributed by atoms with Gasteiger partial charge in [-0.15, -0.1) is 13.2 Å². The molecule has 4 nitrogen and oxygen atoms in total. The molecule has 16 heavy (non-hydrogen) atoms. The van der Waals surface area contributed by atoms with Gasteiger partial charge in [-0.3, -0.25) is 4.98 Å². The van der Waals surface area contributed by atoms with E-state index in [1.807, 2.05) is 0 Å². The first kappa shape index (κ1) is 12.6. The van der Waals surface area contributed by atoms with Gasteiger partial charge in [0.1, 0.15) is 5.75 Å². The van der Waals surface area contributed by atoms with Crippen molar-refractivity contribution in [3.63, 3.8) is 0 Å². The van der Waals surface area contributed by atoms with Crippen LogP contribution in [0.4, 0.5) is 13.2 Å². The summed E-state index contributed by atoms with van der Waals surface area (Å²) in [6, 6.07) is 0. The number of pyridine rings is 1. The van der Waals surface area contributed by atoms with Gasteiger partial charge in [-0.25, -0.2) is 0 Å². The number of aromatic nitrogens is 1. The SMILES string of the molecule is COc1c(CN)ncc(OC(F)(F)F)c1C. The fourth-order valence-electron chi connectivity index (χ4n) is 1.26. The molecular formula is C9H11F3N2O2. The molecule has 0 saturated carbocycles. The number of ether oxygens (including phenoxy) is 2. The number of nitrogens with zero attached hydrogens (tertiary/aromatic N) is 1. The van der Waals surface area contributed by atoms with Crippen LogP contribution in [0.5, 0.6) is 11.5 Å². The van der Waals surface area contributed by atoms with Crippen molar-refractivity contribution < 1.29 is 22.6 Å². The van der Waals surface area contributed by atoms with Crippen molar-refractivity contribution in [2.24, 2.45) is 5.73 Å². The summed E-state index contributed by atoms with van der Waals surface area (Å²) in [5, 5.41) is 0. The maximum atomic E-state index is 12.0. The molecular weight excluding hydrogens is 225 g/mol. The Labute approximate surface area is 90.2 Å². The third-order valence-electron chi connectivity index (χ3n) is 1.93. The lowest BCUT2D eigenvalue weighted by molar-refractivity contribution is -0.275. The molecule has 0 aliphatic carbocycles. The molecule has 0 saturated heterocycles. The predicted octanol–water partition coefficient (Wildman–Crippen LogP) is 1.76. The minimum Gasteiger partial charge on any atom is -0.494 e. The summed E-state index contributed by atoms with van der Waals surface area (Å²) in [7, 11) is 1.33. The molecule has 0 spiro atoms. The fraction of sp³-hybridized carbons (Fsp3) is 0.444. The number of nitrogens with two attached hydrogens (primary N) is 1. The van der Waals surface area contributed by atoms with Crippen molar-refractivity contribution in [1.82, 2.24) is 4.98 Å². The molecule has 0 radical (unpaired) electrons. The van der Waals surface area contributed by atoms with Crippen LogP contribution in [-0.4, -0.2) is 18.5 Å². The average molecular weight is 236 g/mol. The third kappa shape index (κ3) is 2.75. The normalized spacial score (nSPS) is 11.4. The first-order valence-corrected chi connectivity index (χ1v) is 4.37. The standard InChI is InChI=1S/C9H11F3N2O2/c1-5-7(16-9(10,11)12)4-14-6(3-13)8(5)15-2/h4H,3,13H2,1-2H3. The molecule has 0 aliphatic rings. The minimum absolute atomic E-state index is 0.0797. The van der Waals surface area contributed by atoms with Crippen LogP contribution in [-0.2, 0) is 6.54 Å². The van der Waals surface area contributed by atoms with E-state index >= 15 is 0 Å². The minimum atomic E-state index is -4.75. The Balaban J connectivity index is 3.14. The zero-order chi connectivity index (χ0) is 12.3. The first-order valence-electron chi connectivity index (χ1n) is 4.37. The number of alkyl halides is 3.